The maximum Gasteiger partial charge on any atom is 0.334 e. The molecule has 1 aliphatic carbocycles. The average Bonchev–Trinajstić information content (AvgIpc) is 3.76. The number of fused-ring (bicyclic) bond motifs is 11. The lowest BCUT2D eigenvalue weighted by molar-refractivity contribution is -0.149. The van der Waals surface area contributed by atoms with E-state index in [1.54, 1.807) is 18.2 Å². The van der Waals surface area contributed by atoms with Crippen LogP contribution in [0.25, 0.3) is 44.9 Å². The highest BCUT2D eigenvalue weighted by molar-refractivity contribution is 6.02. The van der Waals surface area contributed by atoms with Crippen molar-refractivity contribution < 1.29 is 38.9 Å². The summed E-state index contributed by atoms with van der Waals surface area (Å²) >= 11 is 0. The number of esters is 2. The molecule has 12 heteroatoms. The van der Waals surface area contributed by atoms with Crippen molar-refractivity contribution in [3.63, 3.8) is 0 Å². The SMILES string of the molecule is C=Cc1c(C)c2cc3[nH]c(cc4nc(cc5nc(cc1[nH]2)C1(C)C5=CC=C(C(=O)OC)C1C(=O)OC)C(C)=C4CCC(=O)O)c(CCC(=O)O)c3C. The zero-order chi connectivity index (χ0) is 37.6. The van der Waals surface area contributed by atoms with E-state index in [9.17, 15) is 29.4 Å². The van der Waals surface area contributed by atoms with Gasteiger partial charge in [-0.25, -0.2) is 9.78 Å². The van der Waals surface area contributed by atoms with Crippen LogP contribution < -0.4 is 0 Å². The zero-order valence-electron chi connectivity index (χ0n) is 29.9. The van der Waals surface area contributed by atoms with Gasteiger partial charge in [-0.05, 0) is 98.2 Å². The molecule has 0 spiro atoms. The number of aromatic nitrogens is 4. The van der Waals surface area contributed by atoms with E-state index in [2.05, 4.69) is 16.5 Å². The number of aromatic amines is 2. The Kier molecular flexibility index (Phi) is 9.35. The molecule has 2 unspecified atom stereocenters. The number of rotatable bonds is 9. The molecule has 6 rings (SSSR count). The summed E-state index contributed by atoms with van der Waals surface area (Å²) in [5, 5.41) is 19.2. The van der Waals surface area contributed by atoms with Gasteiger partial charge in [0.25, 0.3) is 0 Å². The number of carbonyl (C=O) groups excluding carboxylic acids is 2. The topological polar surface area (TPSA) is 185 Å². The molecule has 2 atom stereocenters. The van der Waals surface area contributed by atoms with E-state index in [-0.39, 0.29) is 31.3 Å². The smallest absolute Gasteiger partial charge is 0.334 e. The molecule has 4 N–H and O–H groups in total. The Morgan fingerprint density at radius 3 is 2.15 bits per heavy atom. The summed E-state index contributed by atoms with van der Waals surface area (Å²) in [6, 6.07) is 7.46. The minimum Gasteiger partial charge on any atom is -0.481 e. The number of methoxy groups -OCH3 is 2. The second-order valence-electron chi connectivity index (χ2n) is 13.3. The molecule has 8 bridgehead atoms. The van der Waals surface area contributed by atoms with Crippen LogP contribution in [0.4, 0.5) is 0 Å². The van der Waals surface area contributed by atoms with Gasteiger partial charge in [-0.3, -0.25) is 19.4 Å². The lowest BCUT2D eigenvalue weighted by atomic mass is 9.64. The molecule has 0 amide bonds. The molecule has 12 nitrogen and oxygen atoms in total. The number of carboxylic acids is 2. The Balaban J connectivity index is 1.78. The van der Waals surface area contributed by atoms with Gasteiger partial charge < -0.3 is 29.7 Å². The highest BCUT2D eigenvalue weighted by Crippen LogP contribution is 2.52. The number of nitrogens with one attached hydrogen (secondary N) is 2. The Labute approximate surface area is 299 Å². The molecule has 0 saturated carbocycles. The van der Waals surface area contributed by atoms with E-state index in [4.69, 9.17) is 19.4 Å². The van der Waals surface area contributed by atoms with Crippen molar-refractivity contribution in [2.24, 2.45) is 5.92 Å². The van der Waals surface area contributed by atoms with E-state index >= 15 is 0 Å². The number of hydrogen-bond donors (Lipinski definition) is 4. The van der Waals surface area contributed by atoms with E-state index < -0.39 is 35.2 Å². The molecular formula is C40H40N4O8. The van der Waals surface area contributed by atoms with E-state index in [1.165, 1.54) is 14.2 Å². The highest BCUT2D eigenvalue weighted by Gasteiger charge is 2.53. The van der Waals surface area contributed by atoms with Crippen LogP contribution >= 0.6 is 0 Å². The second kappa shape index (κ2) is 13.6. The molecule has 3 aromatic rings. The maximum absolute atomic E-state index is 13.6. The van der Waals surface area contributed by atoms with E-state index in [0.29, 0.717) is 39.4 Å². The Morgan fingerprint density at radius 1 is 0.827 bits per heavy atom. The van der Waals surface area contributed by atoms with Gasteiger partial charge in [0.05, 0.1) is 48.0 Å². The zero-order valence-corrected chi connectivity index (χ0v) is 29.9. The minimum atomic E-state index is -1.18. The fraction of sp³-hybridized carbons (Fsp3) is 0.300. The fourth-order valence-corrected chi connectivity index (χ4v) is 7.59. The van der Waals surface area contributed by atoms with Crippen LogP contribution in [0, 0.1) is 19.8 Å². The van der Waals surface area contributed by atoms with Crippen molar-refractivity contribution in [3.8, 4) is 0 Å². The number of hydrogen-bond acceptors (Lipinski definition) is 8. The summed E-state index contributed by atoms with van der Waals surface area (Å²) in [6.45, 7) is 11.7. The van der Waals surface area contributed by atoms with Gasteiger partial charge in [-0.2, -0.15) is 0 Å². The number of H-pyrrole nitrogens is 2. The van der Waals surface area contributed by atoms with Crippen LogP contribution in [0.15, 0.2) is 48.6 Å². The van der Waals surface area contributed by atoms with Gasteiger partial charge in [-0.15, -0.1) is 0 Å². The third-order valence-corrected chi connectivity index (χ3v) is 10.5. The third kappa shape index (κ3) is 5.93. The summed E-state index contributed by atoms with van der Waals surface area (Å²) < 4.78 is 10.4. The number of carboxylic acid groups (broad SMARTS) is 2. The lowest BCUT2D eigenvalue weighted by Gasteiger charge is -2.36. The molecule has 0 aromatic carbocycles. The summed E-state index contributed by atoms with van der Waals surface area (Å²) in [4.78, 5) is 67.2. The average molecular weight is 705 g/mol. The van der Waals surface area contributed by atoms with Crippen molar-refractivity contribution in [1.29, 1.82) is 0 Å². The quantitative estimate of drug-likeness (QED) is 0.176. The maximum atomic E-state index is 13.6. The monoisotopic (exact) mass is 704 g/mol. The fourth-order valence-electron chi connectivity index (χ4n) is 7.59. The standard InChI is InChI=1S/C40H40N4O8/c1-8-22-19(2)27-15-28-20(3)23(10-13-35(45)46)30(41-28)17-31-24(11-14-36(47)48)21(4)29(42-31)16-33-26-12-9-25(38(49)51-6)37(39(50)52-7)40(26,5)34(44-33)18-32(22)43-27/h8-9,12,15-18,37,41,43H,1,10-11,13-14H2,2-7H3,(H,45,46)(H,47,48). The lowest BCUT2D eigenvalue weighted by Crippen LogP contribution is -2.42. The molecule has 52 heavy (non-hydrogen) atoms. The number of carbonyl (C=O) groups is 4. The van der Waals surface area contributed by atoms with E-state index in [1.807, 2.05) is 52.0 Å². The van der Waals surface area contributed by atoms with Crippen molar-refractivity contribution in [2.45, 2.75) is 58.8 Å². The number of allylic oxidation sites excluding steroid dienone is 5. The van der Waals surface area contributed by atoms with Crippen molar-refractivity contribution in [3.05, 3.63) is 93.6 Å². The number of aliphatic carboxylic acids is 2. The normalized spacial score (nSPS) is 17.9. The molecular weight excluding hydrogens is 664 g/mol. The van der Waals surface area contributed by atoms with Gasteiger partial charge in [0.1, 0.15) is 5.92 Å². The number of ether oxygens (including phenoxy) is 2. The first-order valence-corrected chi connectivity index (χ1v) is 16.8. The predicted molar refractivity (Wildman–Crippen MR) is 197 cm³/mol. The third-order valence-electron chi connectivity index (χ3n) is 10.5. The minimum absolute atomic E-state index is 0.0797. The molecule has 3 aromatic heterocycles. The second-order valence-corrected chi connectivity index (χ2v) is 13.3. The summed E-state index contributed by atoms with van der Waals surface area (Å²) in [5.74, 6) is -4.28. The number of aryl methyl sites for hydroxylation is 3. The van der Waals surface area contributed by atoms with Gasteiger partial charge >= 0.3 is 23.9 Å². The molecule has 3 aliphatic rings. The molecule has 268 valence electrons. The Hall–Kier alpha value is -6.04. The first kappa shape index (κ1) is 35.8. The largest absolute Gasteiger partial charge is 0.481 e. The molecule has 5 heterocycles. The predicted octanol–water partition coefficient (Wildman–Crippen LogP) is 6.63. The van der Waals surface area contributed by atoms with Crippen LogP contribution in [0.3, 0.4) is 0 Å². The molecule has 0 saturated heterocycles. The van der Waals surface area contributed by atoms with Gasteiger partial charge in [0.2, 0.25) is 0 Å². The first-order valence-electron chi connectivity index (χ1n) is 16.8. The van der Waals surface area contributed by atoms with Gasteiger partial charge in [-0.1, -0.05) is 24.8 Å². The summed E-state index contributed by atoms with van der Waals surface area (Å²) in [6.07, 6.45) is 5.34. The Morgan fingerprint density at radius 2 is 1.50 bits per heavy atom. The van der Waals surface area contributed by atoms with E-state index in [0.717, 1.165) is 44.4 Å². The summed E-state index contributed by atoms with van der Waals surface area (Å²) in [7, 11) is 2.53. The van der Waals surface area contributed by atoms with Crippen LogP contribution in [0.2, 0.25) is 0 Å². The van der Waals surface area contributed by atoms with Crippen molar-refractivity contribution >= 4 is 68.7 Å². The van der Waals surface area contributed by atoms with Gasteiger partial charge in [0, 0.05) is 40.5 Å². The van der Waals surface area contributed by atoms with Crippen LogP contribution in [-0.4, -0.2) is 68.2 Å². The van der Waals surface area contributed by atoms with Crippen molar-refractivity contribution in [2.75, 3.05) is 14.2 Å². The van der Waals surface area contributed by atoms with Crippen molar-refractivity contribution in [1.82, 2.24) is 19.9 Å². The molecule has 2 aliphatic heterocycles. The molecule has 0 radical (unpaired) electrons. The Bertz CT molecular complexity index is 2360. The number of nitrogens with zero attached hydrogens (tertiary/aromatic N) is 2. The highest BCUT2D eigenvalue weighted by atomic mass is 16.5. The summed E-state index contributed by atoms with van der Waals surface area (Å²) in [5.41, 5.74) is 9.41. The van der Waals surface area contributed by atoms with Gasteiger partial charge in [0.15, 0.2) is 0 Å². The van der Waals surface area contributed by atoms with Crippen LogP contribution in [-0.2, 0) is 40.5 Å². The first-order chi connectivity index (χ1) is 24.7. The van der Waals surface area contributed by atoms with Crippen LogP contribution in [0.1, 0.15) is 78.1 Å². The van der Waals surface area contributed by atoms with Crippen LogP contribution in [0.5, 0.6) is 0 Å². The molecule has 0 fully saturated rings.